The minimum Gasteiger partial charge on any atom is -0.497 e. The molecular formula is C25H18ClN3O6S2. The van der Waals surface area contributed by atoms with E-state index in [0.29, 0.717) is 38.7 Å². The second-order valence-electron chi connectivity index (χ2n) is 7.58. The van der Waals surface area contributed by atoms with E-state index in [-0.39, 0.29) is 10.6 Å². The summed E-state index contributed by atoms with van der Waals surface area (Å²) in [6.07, 6.45) is 1.40. The largest absolute Gasteiger partial charge is 0.497 e. The van der Waals surface area contributed by atoms with Crippen molar-refractivity contribution < 1.29 is 24.0 Å². The third kappa shape index (κ3) is 6.50. The van der Waals surface area contributed by atoms with Gasteiger partial charge in [-0.1, -0.05) is 29.4 Å². The lowest BCUT2D eigenvalue weighted by Crippen LogP contribution is -2.36. The number of imide groups is 1. The van der Waals surface area contributed by atoms with Crippen molar-refractivity contribution in [2.75, 3.05) is 19.0 Å². The first kappa shape index (κ1) is 26.3. The van der Waals surface area contributed by atoms with Gasteiger partial charge in [-0.05, 0) is 78.0 Å². The summed E-state index contributed by atoms with van der Waals surface area (Å²) in [7, 11) is 1.52. The first-order chi connectivity index (χ1) is 17.7. The van der Waals surface area contributed by atoms with Gasteiger partial charge in [0.05, 0.1) is 21.8 Å². The highest BCUT2D eigenvalue weighted by molar-refractivity contribution is 8.18. The van der Waals surface area contributed by atoms with Crippen molar-refractivity contribution >= 4 is 69.6 Å². The smallest absolute Gasteiger partial charge is 0.294 e. The molecule has 3 aromatic rings. The third-order valence-electron chi connectivity index (χ3n) is 5.07. The number of nitrogens with one attached hydrogen (secondary N) is 1. The number of benzene rings is 3. The summed E-state index contributed by atoms with van der Waals surface area (Å²) in [6.45, 7) is -0.467. The van der Waals surface area contributed by atoms with Crippen LogP contribution in [0.15, 0.2) is 81.4 Å². The lowest BCUT2D eigenvalue weighted by molar-refractivity contribution is -0.387. The molecule has 0 atom stereocenters. The summed E-state index contributed by atoms with van der Waals surface area (Å²) < 4.78 is 5.07. The van der Waals surface area contributed by atoms with Gasteiger partial charge in [-0.15, -0.1) is 0 Å². The van der Waals surface area contributed by atoms with Crippen LogP contribution in [-0.4, -0.2) is 40.5 Å². The summed E-state index contributed by atoms with van der Waals surface area (Å²) in [6, 6.07) is 18.0. The summed E-state index contributed by atoms with van der Waals surface area (Å²) in [5, 5.41) is 14.3. The molecule has 0 aromatic heterocycles. The second kappa shape index (κ2) is 11.5. The van der Waals surface area contributed by atoms with Gasteiger partial charge in [-0.25, -0.2) is 0 Å². The molecule has 3 aromatic carbocycles. The molecule has 1 heterocycles. The number of amides is 3. The molecule has 1 saturated heterocycles. The molecule has 0 spiro atoms. The van der Waals surface area contributed by atoms with Crippen LogP contribution in [0.2, 0.25) is 5.02 Å². The molecule has 37 heavy (non-hydrogen) atoms. The van der Waals surface area contributed by atoms with Crippen LogP contribution in [0.25, 0.3) is 6.08 Å². The molecule has 0 bridgehead atoms. The van der Waals surface area contributed by atoms with Crippen LogP contribution >= 0.6 is 35.1 Å². The summed E-state index contributed by atoms with van der Waals surface area (Å²) in [5.74, 6) is -0.582. The van der Waals surface area contributed by atoms with E-state index in [0.717, 1.165) is 9.80 Å². The minimum absolute atomic E-state index is 0.0645. The van der Waals surface area contributed by atoms with Gasteiger partial charge in [0.1, 0.15) is 12.3 Å². The van der Waals surface area contributed by atoms with Gasteiger partial charge in [0.25, 0.3) is 16.8 Å². The number of ether oxygens (including phenoxy) is 1. The van der Waals surface area contributed by atoms with Crippen molar-refractivity contribution in [3.63, 3.8) is 0 Å². The van der Waals surface area contributed by atoms with Crippen molar-refractivity contribution in [1.29, 1.82) is 0 Å². The van der Waals surface area contributed by atoms with E-state index in [1.165, 1.54) is 31.0 Å². The number of methoxy groups -OCH3 is 1. The van der Waals surface area contributed by atoms with E-state index in [1.54, 1.807) is 60.7 Å². The van der Waals surface area contributed by atoms with Gasteiger partial charge in [-0.2, -0.15) is 0 Å². The Morgan fingerprint density at radius 2 is 1.84 bits per heavy atom. The fourth-order valence-electron chi connectivity index (χ4n) is 3.29. The topological polar surface area (TPSA) is 119 Å². The van der Waals surface area contributed by atoms with Crippen LogP contribution in [0.3, 0.4) is 0 Å². The number of nitrogens with zero attached hydrogens (tertiary/aromatic N) is 2. The molecule has 0 unspecified atom stereocenters. The van der Waals surface area contributed by atoms with Crippen molar-refractivity contribution in [2.45, 2.75) is 9.79 Å². The number of anilines is 1. The number of carbonyl (C=O) groups is 3. The van der Waals surface area contributed by atoms with Crippen LogP contribution in [0.4, 0.5) is 16.2 Å². The fourth-order valence-corrected chi connectivity index (χ4v) is 5.15. The summed E-state index contributed by atoms with van der Waals surface area (Å²) >= 11 is 7.77. The van der Waals surface area contributed by atoms with Crippen LogP contribution in [0, 0.1) is 10.1 Å². The molecule has 0 aliphatic carbocycles. The Kier molecular flexibility index (Phi) is 8.17. The van der Waals surface area contributed by atoms with E-state index in [2.05, 4.69) is 5.32 Å². The lowest BCUT2D eigenvalue weighted by Gasteiger charge is -2.12. The van der Waals surface area contributed by atoms with Crippen molar-refractivity contribution in [2.24, 2.45) is 0 Å². The Labute approximate surface area is 225 Å². The van der Waals surface area contributed by atoms with Gasteiger partial charge in [0.15, 0.2) is 0 Å². The Hall–Kier alpha value is -3.80. The molecule has 0 radical (unpaired) electrons. The Morgan fingerprint density at radius 3 is 2.49 bits per heavy atom. The first-order valence-corrected chi connectivity index (χ1v) is 12.7. The standard InChI is InChI=1S/C25H18ClN3O6S2/c1-35-18-7-5-17(6-8-18)27-23(30)14-28-24(31)22(37-25(28)32)13-15-2-11-21(20(12-15)29(33)34)36-19-9-3-16(26)4-10-19/h2-13H,14H2,1H3,(H,27,30)/b22-13-. The molecule has 1 N–H and O–H groups in total. The highest BCUT2D eigenvalue weighted by Crippen LogP contribution is 2.37. The van der Waals surface area contributed by atoms with Crippen LogP contribution in [0.5, 0.6) is 5.75 Å². The Bertz CT molecular complexity index is 1410. The number of hydrogen-bond donors (Lipinski definition) is 1. The zero-order valence-corrected chi connectivity index (χ0v) is 21.6. The Balaban J connectivity index is 1.47. The van der Waals surface area contributed by atoms with Gasteiger partial charge in [0, 0.05) is 21.7 Å². The zero-order chi connectivity index (χ0) is 26.5. The molecule has 1 aliphatic heterocycles. The number of halogens is 1. The molecule has 12 heteroatoms. The summed E-state index contributed by atoms with van der Waals surface area (Å²) in [4.78, 5) is 50.9. The van der Waals surface area contributed by atoms with Crippen molar-refractivity contribution in [1.82, 2.24) is 4.90 Å². The SMILES string of the molecule is COc1ccc(NC(=O)CN2C(=O)S/C(=C\c3ccc(Sc4ccc(Cl)cc4)c([N+](=O)[O-])c3)C2=O)cc1. The van der Waals surface area contributed by atoms with Gasteiger partial charge >= 0.3 is 0 Å². The first-order valence-electron chi connectivity index (χ1n) is 10.6. The number of nitro groups is 1. The number of hydrogen-bond acceptors (Lipinski definition) is 8. The average Bonchev–Trinajstić information content (AvgIpc) is 3.13. The lowest BCUT2D eigenvalue weighted by atomic mass is 10.2. The van der Waals surface area contributed by atoms with E-state index in [4.69, 9.17) is 16.3 Å². The number of thioether (sulfide) groups is 1. The van der Waals surface area contributed by atoms with Gasteiger partial charge < -0.3 is 10.1 Å². The average molecular weight is 556 g/mol. The molecule has 188 valence electrons. The quantitative estimate of drug-likeness (QED) is 0.202. The summed E-state index contributed by atoms with van der Waals surface area (Å²) in [5.41, 5.74) is 0.712. The van der Waals surface area contributed by atoms with E-state index in [1.807, 2.05) is 0 Å². The third-order valence-corrected chi connectivity index (χ3v) is 7.30. The molecule has 0 saturated carbocycles. The predicted molar refractivity (Wildman–Crippen MR) is 143 cm³/mol. The highest BCUT2D eigenvalue weighted by Gasteiger charge is 2.36. The van der Waals surface area contributed by atoms with Crippen molar-refractivity contribution in [3.8, 4) is 5.75 Å². The fraction of sp³-hybridized carbons (Fsp3) is 0.0800. The maximum absolute atomic E-state index is 12.8. The molecule has 3 amide bonds. The monoisotopic (exact) mass is 555 g/mol. The van der Waals surface area contributed by atoms with Crippen LogP contribution < -0.4 is 10.1 Å². The van der Waals surface area contributed by atoms with Gasteiger partial charge in [0.2, 0.25) is 5.91 Å². The number of nitro benzene ring substituents is 1. The maximum Gasteiger partial charge on any atom is 0.294 e. The van der Waals surface area contributed by atoms with E-state index in [9.17, 15) is 24.5 Å². The minimum atomic E-state index is -0.651. The van der Waals surface area contributed by atoms with E-state index >= 15 is 0 Å². The Morgan fingerprint density at radius 1 is 1.14 bits per heavy atom. The van der Waals surface area contributed by atoms with E-state index < -0.39 is 28.5 Å². The van der Waals surface area contributed by atoms with Gasteiger partial charge in [-0.3, -0.25) is 29.4 Å². The highest BCUT2D eigenvalue weighted by atomic mass is 35.5. The predicted octanol–water partition coefficient (Wildman–Crippen LogP) is 6.08. The second-order valence-corrected chi connectivity index (χ2v) is 10.1. The molecule has 4 rings (SSSR count). The normalized spacial score (nSPS) is 14.2. The van der Waals surface area contributed by atoms with Crippen LogP contribution in [-0.2, 0) is 9.59 Å². The van der Waals surface area contributed by atoms with Crippen LogP contribution in [0.1, 0.15) is 5.56 Å². The molecule has 9 nitrogen and oxygen atoms in total. The number of rotatable bonds is 8. The molecule has 1 fully saturated rings. The number of carbonyl (C=O) groups excluding carboxylic acids is 3. The molecule has 1 aliphatic rings. The molecular weight excluding hydrogens is 538 g/mol. The van der Waals surface area contributed by atoms with Crippen molar-refractivity contribution in [3.05, 3.63) is 92.3 Å². The maximum atomic E-state index is 12.8. The zero-order valence-electron chi connectivity index (χ0n) is 19.2.